The Morgan fingerprint density at radius 2 is 1.00 bits per heavy atom. The molecule has 1 aliphatic carbocycles. The highest BCUT2D eigenvalue weighted by Gasteiger charge is 2.21. The molecule has 68 valence electrons. The van der Waals surface area contributed by atoms with Gasteiger partial charge in [0.25, 0.3) is 0 Å². The molecule has 0 nitrogen and oxygen atoms in total. The largest absolute Gasteiger partial charge is 0.0587 e. The summed E-state index contributed by atoms with van der Waals surface area (Å²) in [4.78, 5) is 0. The molecule has 0 saturated carbocycles. The molecule has 14 heavy (non-hydrogen) atoms. The molecular formula is C14H12. The zero-order valence-corrected chi connectivity index (χ0v) is 8.46. The van der Waals surface area contributed by atoms with E-state index in [0.717, 1.165) is 0 Å². The zero-order valence-electron chi connectivity index (χ0n) is 8.46. The third-order valence-corrected chi connectivity index (χ3v) is 2.93. The van der Waals surface area contributed by atoms with Gasteiger partial charge in [0.15, 0.2) is 0 Å². The van der Waals surface area contributed by atoms with Gasteiger partial charge in [-0.3, -0.25) is 0 Å². The van der Waals surface area contributed by atoms with Gasteiger partial charge >= 0.3 is 0 Å². The topological polar surface area (TPSA) is 0 Å². The Labute approximate surface area is 84.2 Å². The summed E-state index contributed by atoms with van der Waals surface area (Å²) >= 11 is 0. The van der Waals surface area contributed by atoms with Gasteiger partial charge < -0.3 is 0 Å². The van der Waals surface area contributed by atoms with Gasteiger partial charge in [-0.25, -0.2) is 0 Å². The van der Waals surface area contributed by atoms with E-state index in [1.807, 2.05) is 0 Å². The first-order chi connectivity index (χ1) is 6.75. The van der Waals surface area contributed by atoms with E-state index in [9.17, 15) is 0 Å². The molecule has 0 heterocycles. The van der Waals surface area contributed by atoms with Crippen LogP contribution in [-0.2, 0) is 0 Å². The number of rotatable bonds is 0. The molecule has 0 amide bonds. The van der Waals surface area contributed by atoms with Crippen LogP contribution in [0.4, 0.5) is 0 Å². The van der Waals surface area contributed by atoms with Crippen LogP contribution in [0, 0.1) is 13.8 Å². The van der Waals surface area contributed by atoms with E-state index in [0.29, 0.717) is 0 Å². The van der Waals surface area contributed by atoms with Crippen LogP contribution < -0.4 is 0 Å². The molecule has 0 spiro atoms. The van der Waals surface area contributed by atoms with Crippen LogP contribution in [0.3, 0.4) is 0 Å². The average Bonchev–Trinajstić information content (AvgIpc) is 2.16. The maximum atomic E-state index is 2.27. The summed E-state index contributed by atoms with van der Waals surface area (Å²) in [5, 5.41) is 0. The van der Waals surface area contributed by atoms with Crippen LogP contribution in [0.25, 0.3) is 22.3 Å². The minimum atomic E-state index is 1.34. The maximum absolute atomic E-state index is 2.27. The van der Waals surface area contributed by atoms with Crippen LogP contribution in [-0.4, -0.2) is 0 Å². The van der Waals surface area contributed by atoms with E-state index in [-0.39, 0.29) is 0 Å². The van der Waals surface area contributed by atoms with Gasteiger partial charge in [-0.2, -0.15) is 0 Å². The third-order valence-electron chi connectivity index (χ3n) is 2.93. The summed E-state index contributed by atoms with van der Waals surface area (Å²) in [6, 6.07) is 13.4. The normalized spacial score (nSPS) is 11.6. The lowest BCUT2D eigenvalue weighted by Crippen LogP contribution is -1.99. The van der Waals surface area contributed by atoms with Gasteiger partial charge in [0.1, 0.15) is 0 Å². The highest BCUT2D eigenvalue weighted by molar-refractivity contribution is 6.02. The van der Waals surface area contributed by atoms with Gasteiger partial charge in [-0.1, -0.05) is 47.5 Å². The number of hydrogen-bond acceptors (Lipinski definition) is 0. The molecule has 0 atom stereocenters. The van der Waals surface area contributed by atoms with Gasteiger partial charge in [0.2, 0.25) is 0 Å². The summed E-state index contributed by atoms with van der Waals surface area (Å²) in [5.41, 5.74) is 8.34. The van der Waals surface area contributed by atoms with Gasteiger partial charge in [0.05, 0.1) is 0 Å². The smallest absolute Gasteiger partial charge is 0.00963 e. The molecule has 3 rings (SSSR count). The Morgan fingerprint density at radius 1 is 0.571 bits per heavy atom. The maximum Gasteiger partial charge on any atom is -0.00963 e. The van der Waals surface area contributed by atoms with E-state index in [1.165, 1.54) is 33.4 Å². The predicted octanol–water partition coefficient (Wildman–Crippen LogP) is 3.95. The molecule has 0 unspecified atom stereocenters. The van der Waals surface area contributed by atoms with Crippen molar-refractivity contribution in [1.29, 1.82) is 0 Å². The molecule has 0 N–H and O–H groups in total. The summed E-state index contributed by atoms with van der Waals surface area (Å²) in [6.07, 6.45) is 0. The quantitative estimate of drug-likeness (QED) is 0.491. The summed E-state index contributed by atoms with van der Waals surface area (Å²) in [6.45, 7) is 4.29. The minimum Gasteiger partial charge on any atom is -0.0587 e. The Hall–Kier alpha value is -1.56. The Bertz CT molecular complexity index is 457. The standard InChI is InChI=1S/C14H12/c1-9-3-5-11-13(7-9)12-6-4-10(2)8-14(11)12/h3-8H,1-2H3. The van der Waals surface area contributed by atoms with Crippen molar-refractivity contribution in [3.63, 3.8) is 0 Å². The van der Waals surface area contributed by atoms with Crippen LogP contribution in [0.15, 0.2) is 36.4 Å². The van der Waals surface area contributed by atoms with E-state index in [1.54, 1.807) is 0 Å². The molecule has 1 aliphatic rings. The van der Waals surface area contributed by atoms with Crippen molar-refractivity contribution in [2.45, 2.75) is 13.8 Å². The second-order valence-electron chi connectivity index (χ2n) is 4.10. The fourth-order valence-electron chi connectivity index (χ4n) is 2.17. The van der Waals surface area contributed by atoms with Crippen molar-refractivity contribution in [2.24, 2.45) is 0 Å². The molecule has 2 aromatic carbocycles. The molecule has 0 fully saturated rings. The van der Waals surface area contributed by atoms with Crippen LogP contribution in [0.1, 0.15) is 11.1 Å². The molecule has 0 saturated heterocycles. The fraction of sp³-hybridized carbons (Fsp3) is 0.143. The van der Waals surface area contributed by atoms with Crippen molar-refractivity contribution in [1.82, 2.24) is 0 Å². The van der Waals surface area contributed by atoms with E-state index < -0.39 is 0 Å². The van der Waals surface area contributed by atoms with Gasteiger partial charge in [-0.15, -0.1) is 0 Å². The van der Waals surface area contributed by atoms with Crippen LogP contribution in [0.5, 0.6) is 0 Å². The Kier molecular flexibility index (Phi) is 1.38. The molecule has 0 bridgehead atoms. The Morgan fingerprint density at radius 3 is 1.43 bits per heavy atom. The first-order valence-electron chi connectivity index (χ1n) is 4.98. The average molecular weight is 180 g/mol. The van der Waals surface area contributed by atoms with Crippen molar-refractivity contribution >= 4 is 0 Å². The van der Waals surface area contributed by atoms with Crippen molar-refractivity contribution in [2.75, 3.05) is 0 Å². The summed E-state index contributed by atoms with van der Waals surface area (Å²) in [7, 11) is 0. The third kappa shape index (κ3) is 0.884. The number of hydrogen-bond donors (Lipinski definition) is 0. The highest BCUT2D eigenvalue weighted by atomic mass is 14.2. The second-order valence-corrected chi connectivity index (χ2v) is 4.10. The number of fused-ring (bicyclic) bond motifs is 4. The minimum absolute atomic E-state index is 1.34. The van der Waals surface area contributed by atoms with E-state index in [2.05, 4.69) is 50.2 Å². The first-order valence-corrected chi connectivity index (χ1v) is 4.98. The molecule has 0 aromatic heterocycles. The lowest BCUT2D eigenvalue weighted by Gasteiger charge is -2.24. The second kappa shape index (κ2) is 2.48. The predicted molar refractivity (Wildman–Crippen MR) is 60.3 cm³/mol. The van der Waals surface area contributed by atoms with Crippen LogP contribution >= 0.6 is 0 Å². The summed E-state index contributed by atoms with van der Waals surface area (Å²) < 4.78 is 0. The monoisotopic (exact) mass is 180 g/mol. The molecule has 0 heteroatoms. The van der Waals surface area contributed by atoms with Gasteiger partial charge in [-0.05, 0) is 36.1 Å². The molecule has 0 aliphatic heterocycles. The van der Waals surface area contributed by atoms with Crippen molar-refractivity contribution in [3.8, 4) is 22.3 Å². The lowest BCUT2D eigenvalue weighted by atomic mass is 9.79. The highest BCUT2D eigenvalue weighted by Crippen LogP contribution is 2.47. The summed E-state index contributed by atoms with van der Waals surface area (Å²) in [5.74, 6) is 0. The molecule has 0 radical (unpaired) electrons. The number of benzene rings is 2. The van der Waals surface area contributed by atoms with Gasteiger partial charge in [0, 0.05) is 0 Å². The SMILES string of the molecule is Cc1ccc2c(c1)-c1ccc(C)cc1-2. The van der Waals surface area contributed by atoms with E-state index >= 15 is 0 Å². The molecular weight excluding hydrogens is 168 g/mol. The fourth-order valence-corrected chi connectivity index (χ4v) is 2.17. The first kappa shape index (κ1) is 7.81. The van der Waals surface area contributed by atoms with Crippen molar-refractivity contribution in [3.05, 3.63) is 47.5 Å². The van der Waals surface area contributed by atoms with Crippen molar-refractivity contribution < 1.29 is 0 Å². The Balaban J connectivity index is 2.25. The zero-order chi connectivity index (χ0) is 9.71. The lowest BCUT2D eigenvalue weighted by molar-refractivity contribution is 1.40. The molecule has 2 aromatic rings. The van der Waals surface area contributed by atoms with Crippen LogP contribution in [0.2, 0.25) is 0 Å². The van der Waals surface area contributed by atoms with E-state index in [4.69, 9.17) is 0 Å². The number of aryl methyl sites for hydroxylation is 2.